The number of imidazole rings is 1. The first-order valence-electron chi connectivity index (χ1n) is 5.91. The van der Waals surface area contributed by atoms with Crippen molar-refractivity contribution >= 4 is 11.0 Å². The van der Waals surface area contributed by atoms with Gasteiger partial charge in [-0.05, 0) is 25.7 Å². The SMILES string of the molecule is CN(C)CCc1nc2c(CN)cccc2n1C. The molecule has 0 saturated carbocycles. The first-order chi connectivity index (χ1) is 8.13. The van der Waals surface area contributed by atoms with E-state index < -0.39 is 0 Å². The molecule has 1 aromatic heterocycles. The lowest BCUT2D eigenvalue weighted by Gasteiger charge is -2.08. The van der Waals surface area contributed by atoms with Crippen molar-refractivity contribution < 1.29 is 0 Å². The lowest BCUT2D eigenvalue weighted by atomic mass is 10.2. The molecule has 2 N–H and O–H groups in total. The van der Waals surface area contributed by atoms with Gasteiger partial charge in [-0.3, -0.25) is 0 Å². The van der Waals surface area contributed by atoms with Gasteiger partial charge in [0.2, 0.25) is 0 Å². The molecule has 1 aromatic carbocycles. The first kappa shape index (κ1) is 12.1. The number of aromatic nitrogens is 2. The van der Waals surface area contributed by atoms with Crippen molar-refractivity contribution in [2.75, 3.05) is 20.6 Å². The molecule has 0 amide bonds. The van der Waals surface area contributed by atoms with Crippen molar-refractivity contribution in [3.05, 3.63) is 29.6 Å². The summed E-state index contributed by atoms with van der Waals surface area (Å²) in [5.74, 6) is 1.12. The molecule has 2 aromatic rings. The molecule has 0 radical (unpaired) electrons. The van der Waals surface area contributed by atoms with Crippen molar-refractivity contribution in [2.24, 2.45) is 12.8 Å². The summed E-state index contributed by atoms with van der Waals surface area (Å²) in [6, 6.07) is 6.19. The largest absolute Gasteiger partial charge is 0.331 e. The summed E-state index contributed by atoms with van der Waals surface area (Å²) < 4.78 is 2.16. The van der Waals surface area contributed by atoms with E-state index in [2.05, 4.69) is 36.7 Å². The van der Waals surface area contributed by atoms with Crippen molar-refractivity contribution in [1.82, 2.24) is 14.5 Å². The van der Waals surface area contributed by atoms with Crippen LogP contribution in [-0.4, -0.2) is 35.1 Å². The molecule has 0 aliphatic rings. The molecule has 0 aliphatic carbocycles. The highest BCUT2D eigenvalue weighted by atomic mass is 15.1. The number of fused-ring (bicyclic) bond motifs is 1. The van der Waals surface area contributed by atoms with Crippen LogP contribution in [-0.2, 0) is 20.0 Å². The molecule has 4 heteroatoms. The van der Waals surface area contributed by atoms with Crippen molar-refractivity contribution in [3.63, 3.8) is 0 Å². The molecule has 2 rings (SSSR count). The third-order valence-electron chi connectivity index (χ3n) is 3.09. The summed E-state index contributed by atoms with van der Waals surface area (Å²) in [6.45, 7) is 1.55. The minimum absolute atomic E-state index is 0.543. The number of nitrogens with zero attached hydrogens (tertiary/aromatic N) is 3. The average molecular weight is 232 g/mol. The van der Waals surface area contributed by atoms with Gasteiger partial charge in [0.05, 0.1) is 11.0 Å². The maximum absolute atomic E-state index is 5.74. The molecular formula is C13H20N4. The van der Waals surface area contributed by atoms with Gasteiger partial charge >= 0.3 is 0 Å². The summed E-state index contributed by atoms with van der Waals surface area (Å²) in [7, 11) is 6.22. The van der Waals surface area contributed by atoms with E-state index in [1.54, 1.807) is 0 Å². The molecule has 92 valence electrons. The van der Waals surface area contributed by atoms with E-state index in [0.717, 1.165) is 29.9 Å². The van der Waals surface area contributed by atoms with Gasteiger partial charge in [-0.15, -0.1) is 0 Å². The zero-order valence-electron chi connectivity index (χ0n) is 10.8. The number of aryl methyl sites for hydroxylation is 1. The normalized spacial score (nSPS) is 11.6. The standard InChI is InChI=1S/C13H20N4/c1-16(2)8-7-12-15-13-10(9-14)5-4-6-11(13)17(12)3/h4-6H,7-9,14H2,1-3H3. The fraction of sp³-hybridized carbons (Fsp3) is 0.462. The highest BCUT2D eigenvalue weighted by Gasteiger charge is 2.10. The average Bonchev–Trinajstić information content (AvgIpc) is 2.64. The number of para-hydroxylation sites is 1. The van der Waals surface area contributed by atoms with Gasteiger partial charge in [0.15, 0.2) is 0 Å². The number of hydrogen-bond donors (Lipinski definition) is 1. The Bertz CT molecular complexity index is 513. The first-order valence-corrected chi connectivity index (χ1v) is 5.91. The van der Waals surface area contributed by atoms with Crippen molar-refractivity contribution in [1.29, 1.82) is 0 Å². The molecule has 0 unspecified atom stereocenters. The molecule has 0 bridgehead atoms. The van der Waals surface area contributed by atoms with E-state index in [1.807, 2.05) is 12.1 Å². The minimum atomic E-state index is 0.543. The predicted octanol–water partition coefficient (Wildman–Crippen LogP) is 1.14. The Hall–Kier alpha value is -1.39. The van der Waals surface area contributed by atoms with E-state index in [-0.39, 0.29) is 0 Å². The Labute approximate surface area is 102 Å². The third-order valence-corrected chi connectivity index (χ3v) is 3.09. The minimum Gasteiger partial charge on any atom is -0.331 e. The highest BCUT2D eigenvalue weighted by molar-refractivity contribution is 5.79. The van der Waals surface area contributed by atoms with Gasteiger partial charge in [-0.2, -0.15) is 0 Å². The maximum atomic E-state index is 5.74. The fourth-order valence-electron chi connectivity index (χ4n) is 2.03. The van der Waals surface area contributed by atoms with Gasteiger partial charge in [0.25, 0.3) is 0 Å². The van der Waals surface area contributed by atoms with Gasteiger partial charge in [0, 0.05) is 26.6 Å². The second-order valence-corrected chi connectivity index (χ2v) is 4.63. The van der Waals surface area contributed by atoms with Crippen molar-refractivity contribution in [3.8, 4) is 0 Å². The smallest absolute Gasteiger partial charge is 0.110 e. The van der Waals surface area contributed by atoms with Crippen LogP contribution in [0.4, 0.5) is 0 Å². The number of rotatable bonds is 4. The van der Waals surface area contributed by atoms with Crippen LogP contribution < -0.4 is 5.73 Å². The quantitative estimate of drug-likeness (QED) is 0.860. The van der Waals surface area contributed by atoms with E-state index in [9.17, 15) is 0 Å². The van der Waals surface area contributed by atoms with E-state index >= 15 is 0 Å². The molecule has 0 saturated heterocycles. The number of benzene rings is 1. The van der Waals surface area contributed by atoms with Crippen LogP contribution in [0.15, 0.2) is 18.2 Å². The molecule has 0 spiro atoms. The van der Waals surface area contributed by atoms with E-state index in [4.69, 9.17) is 10.7 Å². The molecule has 0 atom stereocenters. The fourth-order valence-corrected chi connectivity index (χ4v) is 2.03. The molecule has 0 aliphatic heterocycles. The van der Waals surface area contributed by atoms with Crippen LogP contribution in [0.1, 0.15) is 11.4 Å². The number of hydrogen-bond acceptors (Lipinski definition) is 3. The van der Waals surface area contributed by atoms with Crippen LogP contribution in [0.3, 0.4) is 0 Å². The van der Waals surface area contributed by atoms with Crippen LogP contribution in [0.5, 0.6) is 0 Å². The predicted molar refractivity (Wildman–Crippen MR) is 70.9 cm³/mol. The Morgan fingerprint density at radius 1 is 1.35 bits per heavy atom. The Morgan fingerprint density at radius 2 is 2.12 bits per heavy atom. The Kier molecular flexibility index (Phi) is 3.45. The monoisotopic (exact) mass is 232 g/mol. The van der Waals surface area contributed by atoms with Gasteiger partial charge in [-0.25, -0.2) is 4.98 Å². The van der Waals surface area contributed by atoms with E-state index in [1.165, 1.54) is 5.52 Å². The zero-order chi connectivity index (χ0) is 12.4. The summed E-state index contributed by atoms with van der Waals surface area (Å²) in [4.78, 5) is 6.88. The van der Waals surface area contributed by atoms with Crippen LogP contribution in [0.2, 0.25) is 0 Å². The molecule has 4 nitrogen and oxygen atoms in total. The molecule has 0 fully saturated rings. The second kappa shape index (κ2) is 4.85. The van der Waals surface area contributed by atoms with Crippen LogP contribution in [0.25, 0.3) is 11.0 Å². The lowest BCUT2D eigenvalue weighted by Crippen LogP contribution is -2.16. The molecule has 1 heterocycles. The maximum Gasteiger partial charge on any atom is 0.110 e. The van der Waals surface area contributed by atoms with Crippen LogP contribution in [0, 0.1) is 0 Å². The topological polar surface area (TPSA) is 47.1 Å². The number of nitrogens with two attached hydrogens (primary N) is 1. The highest BCUT2D eigenvalue weighted by Crippen LogP contribution is 2.19. The second-order valence-electron chi connectivity index (χ2n) is 4.63. The van der Waals surface area contributed by atoms with Crippen molar-refractivity contribution in [2.45, 2.75) is 13.0 Å². The Morgan fingerprint density at radius 3 is 2.76 bits per heavy atom. The summed E-state index contributed by atoms with van der Waals surface area (Å²) >= 11 is 0. The van der Waals surface area contributed by atoms with Gasteiger partial charge < -0.3 is 15.2 Å². The van der Waals surface area contributed by atoms with Gasteiger partial charge in [-0.1, -0.05) is 12.1 Å². The summed E-state index contributed by atoms with van der Waals surface area (Å²) in [5, 5.41) is 0. The summed E-state index contributed by atoms with van der Waals surface area (Å²) in [5.41, 5.74) is 9.08. The third kappa shape index (κ3) is 2.33. The van der Waals surface area contributed by atoms with Gasteiger partial charge in [0.1, 0.15) is 5.82 Å². The molecular weight excluding hydrogens is 212 g/mol. The molecule has 17 heavy (non-hydrogen) atoms. The Balaban J connectivity index is 2.41. The number of likely N-dealkylation sites (N-methyl/N-ethyl adjacent to an activating group) is 1. The summed E-state index contributed by atoms with van der Waals surface area (Å²) in [6.07, 6.45) is 0.961. The lowest BCUT2D eigenvalue weighted by molar-refractivity contribution is 0.408. The zero-order valence-corrected chi connectivity index (χ0v) is 10.8. The van der Waals surface area contributed by atoms with E-state index in [0.29, 0.717) is 6.54 Å². The van der Waals surface area contributed by atoms with Crippen LogP contribution >= 0.6 is 0 Å².